The fourth-order valence-corrected chi connectivity index (χ4v) is 3.71. The van der Waals surface area contributed by atoms with Crippen LogP contribution >= 0.6 is 0 Å². The van der Waals surface area contributed by atoms with Crippen LogP contribution in [0.3, 0.4) is 0 Å². The Labute approximate surface area is 189 Å². The van der Waals surface area contributed by atoms with Crippen LogP contribution in [0.25, 0.3) is 11.3 Å². The van der Waals surface area contributed by atoms with Gasteiger partial charge in [0.05, 0.1) is 11.7 Å². The average Bonchev–Trinajstić information content (AvgIpc) is 3.42. The van der Waals surface area contributed by atoms with Gasteiger partial charge in [-0.15, -0.1) is 0 Å². The zero-order valence-electron chi connectivity index (χ0n) is 19.1. The van der Waals surface area contributed by atoms with Gasteiger partial charge in [0.15, 0.2) is 5.78 Å². The van der Waals surface area contributed by atoms with E-state index in [9.17, 15) is 14.0 Å². The molecule has 1 aromatic heterocycles. The summed E-state index contributed by atoms with van der Waals surface area (Å²) in [7, 11) is 0. The van der Waals surface area contributed by atoms with Gasteiger partial charge in [-0.1, -0.05) is 18.2 Å². The van der Waals surface area contributed by atoms with E-state index in [0.29, 0.717) is 36.3 Å². The molecule has 6 nitrogen and oxygen atoms in total. The summed E-state index contributed by atoms with van der Waals surface area (Å²) in [6.07, 6.45) is 2.91. The normalized spacial score (nSPS) is 18.3. The second-order valence-corrected chi connectivity index (χ2v) is 9.09. The molecule has 1 unspecified atom stereocenters. The Bertz CT molecular complexity index is 930. The number of hydrogen-bond acceptors (Lipinski definition) is 5. The maximum atomic E-state index is 13.5. The quantitative estimate of drug-likeness (QED) is 0.765. The number of likely N-dealkylation sites (tertiary alicyclic amines) is 1. The molecule has 2 saturated heterocycles. The van der Waals surface area contributed by atoms with Crippen LogP contribution < -0.4 is 5.32 Å². The fourth-order valence-electron chi connectivity index (χ4n) is 3.71. The predicted octanol–water partition coefficient (Wildman–Crippen LogP) is 4.38. The number of rotatable bonds is 3. The van der Waals surface area contributed by atoms with E-state index in [2.05, 4.69) is 10.3 Å². The molecule has 172 valence electrons. The van der Waals surface area contributed by atoms with E-state index in [1.54, 1.807) is 39.0 Å². The molecule has 1 aromatic carbocycles. The summed E-state index contributed by atoms with van der Waals surface area (Å²) in [6.45, 7) is 8.23. The molecule has 0 saturated carbocycles. The number of pyridine rings is 1. The number of hydrogen-bond donors (Lipinski definition) is 1. The number of nitrogens with one attached hydrogen (secondary N) is 1. The molecule has 2 aliphatic heterocycles. The van der Waals surface area contributed by atoms with E-state index in [4.69, 9.17) is 4.74 Å². The second kappa shape index (κ2) is 10.7. The average molecular weight is 442 g/mol. The van der Waals surface area contributed by atoms with Crippen LogP contribution in [0.5, 0.6) is 0 Å². The first-order valence-electron chi connectivity index (χ1n) is 11.2. The van der Waals surface area contributed by atoms with Crippen molar-refractivity contribution in [2.75, 3.05) is 19.6 Å². The Balaban J connectivity index is 0.000000509. The second-order valence-electron chi connectivity index (χ2n) is 9.09. The minimum absolute atomic E-state index is 0.00109. The van der Waals surface area contributed by atoms with Gasteiger partial charge in [0, 0.05) is 30.6 Å². The highest BCUT2D eigenvalue weighted by molar-refractivity contribution is 5.91. The number of nitrogens with zero attached hydrogens (tertiary/aromatic N) is 2. The molecule has 2 fully saturated rings. The maximum absolute atomic E-state index is 13.5. The van der Waals surface area contributed by atoms with Gasteiger partial charge in [0.1, 0.15) is 11.4 Å². The molecular weight excluding hydrogens is 409 g/mol. The van der Waals surface area contributed by atoms with Crippen LogP contribution in [0.4, 0.5) is 9.18 Å². The van der Waals surface area contributed by atoms with E-state index in [1.165, 1.54) is 43.0 Å². The molecule has 7 heteroatoms. The first kappa shape index (κ1) is 23.9. The lowest BCUT2D eigenvalue weighted by Gasteiger charge is -2.27. The molecule has 2 aliphatic rings. The first-order valence-corrected chi connectivity index (χ1v) is 11.2. The summed E-state index contributed by atoms with van der Waals surface area (Å²) in [4.78, 5) is 30.8. The number of halogens is 1. The Kier molecular flexibility index (Phi) is 7.96. The van der Waals surface area contributed by atoms with Gasteiger partial charge in [-0.05, 0) is 71.0 Å². The van der Waals surface area contributed by atoms with Crippen molar-refractivity contribution < 1.29 is 18.7 Å². The highest BCUT2D eigenvalue weighted by atomic mass is 19.1. The van der Waals surface area contributed by atoms with Crippen molar-refractivity contribution in [3.63, 3.8) is 0 Å². The number of aromatic nitrogens is 1. The molecule has 0 spiro atoms. The molecule has 0 bridgehead atoms. The number of ketones is 1. The van der Waals surface area contributed by atoms with Gasteiger partial charge in [-0.3, -0.25) is 14.7 Å². The Morgan fingerprint density at radius 3 is 2.53 bits per heavy atom. The number of carbonyl (C=O) groups is 2. The summed E-state index contributed by atoms with van der Waals surface area (Å²) < 4.78 is 18.9. The lowest BCUT2D eigenvalue weighted by Crippen LogP contribution is -2.42. The van der Waals surface area contributed by atoms with Gasteiger partial charge in [0.25, 0.3) is 0 Å². The fraction of sp³-hybridized carbons (Fsp3) is 0.480. The molecule has 0 aliphatic carbocycles. The highest BCUT2D eigenvalue weighted by Gasteiger charge is 2.38. The monoisotopic (exact) mass is 441 g/mol. The number of Topliss-reactive ketones (excluding diaryl/α,β-unsaturated/α-hetero) is 1. The van der Waals surface area contributed by atoms with E-state index in [-0.39, 0.29) is 11.6 Å². The largest absolute Gasteiger partial charge is 0.444 e. The van der Waals surface area contributed by atoms with Crippen LogP contribution in [-0.4, -0.2) is 53.0 Å². The lowest BCUT2D eigenvalue weighted by atomic mass is 10.1. The van der Waals surface area contributed by atoms with E-state index in [0.717, 1.165) is 0 Å². The summed E-state index contributed by atoms with van der Waals surface area (Å²) in [6, 6.07) is 11.0. The number of ether oxygens (including phenoxy) is 1. The maximum Gasteiger partial charge on any atom is 0.410 e. The zero-order valence-corrected chi connectivity index (χ0v) is 19.1. The smallest absolute Gasteiger partial charge is 0.410 e. The molecule has 2 aromatic rings. The van der Waals surface area contributed by atoms with Crippen LogP contribution in [0.1, 0.15) is 45.7 Å². The van der Waals surface area contributed by atoms with Crippen molar-refractivity contribution in [1.82, 2.24) is 15.2 Å². The van der Waals surface area contributed by atoms with Crippen molar-refractivity contribution in [3.05, 3.63) is 54.0 Å². The van der Waals surface area contributed by atoms with Crippen LogP contribution in [0.15, 0.2) is 42.5 Å². The Morgan fingerprint density at radius 1 is 1.19 bits per heavy atom. The highest BCUT2D eigenvalue weighted by Crippen LogP contribution is 2.23. The number of amides is 1. The van der Waals surface area contributed by atoms with Crippen molar-refractivity contribution in [2.24, 2.45) is 0 Å². The van der Waals surface area contributed by atoms with Crippen molar-refractivity contribution in [1.29, 1.82) is 0 Å². The topological polar surface area (TPSA) is 71.5 Å². The minimum atomic E-state index is -0.622. The van der Waals surface area contributed by atoms with Gasteiger partial charge in [-0.25, -0.2) is 9.18 Å². The van der Waals surface area contributed by atoms with Crippen molar-refractivity contribution >= 4 is 11.9 Å². The van der Waals surface area contributed by atoms with E-state index in [1.807, 2.05) is 12.1 Å². The SMILES string of the molecule is C1CCNC1.CC(C)(C)OC(=O)N1CCC(=O)C1Cc1cccc(-c2cccc(F)c2)n1. The van der Waals surface area contributed by atoms with Crippen LogP contribution in [-0.2, 0) is 16.0 Å². The molecule has 1 amide bonds. The summed E-state index contributed by atoms with van der Waals surface area (Å²) in [5, 5.41) is 3.22. The van der Waals surface area contributed by atoms with Crippen molar-refractivity contribution in [2.45, 2.75) is 58.1 Å². The van der Waals surface area contributed by atoms with Gasteiger partial charge in [0.2, 0.25) is 0 Å². The summed E-state index contributed by atoms with van der Waals surface area (Å²) in [5.74, 6) is -0.333. The van der Waals surface area contributed by atoms with E-state index >= 15 is 0 Å². The third-order valence-corrected chi connectivity index (χ3v) is 5.26. The standard InChI is InChI=1S/C21H23FN2O3.C4H9N/c1-21(2,3)27-20(26)24-11-10-19(25)18(24)13-16-8-5-9-17(23-16)14-6-4-7-15(22)12-14;1-2-4-5-3-1/h4-9,12,18H,10-11,13H2,1-3H3;5H,1-4H2. The molecular formula is C25H32FN3O3. The number of carbonyl (C=O) groups excluding carboxylic acids is 2. The molecule has 1 atom stereocenters. The van der Waals surface area contributed by atoms with Crippen LogP contribution in [0.2, 0.25) is 0 Å². The van der Waals surface area contributed by atoms with Crippen LogP contribution in [0, 0.1) is 5.82 Å². The van der Waals surface area contributed by atoms with Gasteiger partial charge >= 0.3 is 6.09 Å². The molecule has 4 rings (SSSR count). The lowest BCUT2D eigenvalue weighted by molar-refractivity contribution is -0.120. The van der Waals surface area contributed by atoms with Gasteiger partial charge < -0.3 is 10.1 Å². The predicted molar refractivity (Wildman–Crippen MR) is 122 cm³/mol. The first-order chi connectivity index (χ1) is 15.2. The van der Waals surface area contributed by atoms with Gasteiger partial charge in [-0.2, -0.15) is 0 Å². The molecule has 1 N–H and O–H groups in total. The Morgan fingerprint density at radius 2 is 1.91 bits per heavy atom. The summed E-state index contributed by atoms with van der Waals surface area (Å²) >= 11 is 0. The van der Waals surface area contributed by atoms with E-state index < -0.39 is 17.7 Å². The minimum Gasteiger partial charge on any atom is -0.444 e. The molecule has 3 heterocycles. The third kappa shape index (κ3) is 6.85. The Hall–Kier alpha value is -2.80. The molecule has 0 radical (unpaired) electrons. The third-order valence-electron chi connectivity index (χ3n) is 5.26. The van der Waals surface area contributed by atoms with Crippen molar-refractivity contribution in [3.8, 4) is 11.3 Å². The number of benzene rings is 1. The zero-order chi connectivity index (χ0) is 23.1. The molecule has 32 heavy (non-hydrogen) atoms. The summed E-state index contributed by atoms with van der Waals surface area (Å²) in [5.41, 5.74) is 1.34.